The second kappa shape index (κ2) is 9.54. The predicted octanol–water partition coefficient (Wildman–Crippen LogP) is 3.41. The van der Waals surface area contributed by atoms with Crippen LogP contribution in [0.1, 0.15) is 24.8 Å². The van der Waals surface area contributed by atoms with Crippen molar-refractivity contribution >= 4 is 27.4 Å². The fraction of sp³-hybridized carbons (Fsp3) is 0.304. The number of anilines is 2. The van der Waals surface area contributed by atoms with Crippen molar-refractivity contribution in [3.8, 4) is 5.69 Å². The molecular weight excluding hydrogens is 426 g/mol. The van der Waals surface area contributed by atoms with Gasteiger partial charge in [0, 0.05) is 31.0 Å². The maximum atomic E-state index is 13.0. The zero-order valence-electron chi connectivity index (χ0n) is 18.0. The van der Waals surface area contributed by atoms with E-state index in [4.69, 9.17) is 0 Å². The highest BCUT2D eigenvalue weighted by Gasteiger charge is 2.26. The van der Waals surface area contributed by atoms with Crippen LogP contribution >= 0.6 is 0 Å². The molecule has 2 aromatic carbocycles. The quantitative estimate of drug-likeness (QED) is 0.572. The minimum atomic E-state index is -3.56. The molecule has 32 heavy (non-hydrogen) atoms. The number of rotatable bonds is 7. The van der Waals surface area contributed by atoms with Gasteiger partial charge >= 0.3 is 0 Å². The van der Waals surface area contributed by atoms with Crippen LogP contribution in [0.15, 0.2) is 65.7 Å². The summed E-state index contributed by atoms with van der Waals surface area (Å²) in [5, 5.41) is 10.2. The number of nitrogens with zero attached hydrogens (tertiary/aromatic N) is 3. The van der Waals surface area contributed by atoms with Crippen molar-refractivity contribution in [2.75, 3.05) is 30.3 Å². The lowest BCUT2D eigenvalue weighted by Crippen LogP contribution is -2.35. The van der Waals surface area contributed by atoms with Crippen LogP contribution in [-0.4, -0.2) is 48.0 Å². The minimum Gasteiger partial charge on any atom is -0.360 e. The molecule has 1 fully saturated rings. The van der Waals surface area contributed by atoms with E-state index in [0.717, 1.165) is 30.5 Å². The third-order valence-electron chi connectivity index (χ3n) is 5.48. The third kappa shape index (κ3) is 5.00. The van der Waals surface area contributed by atoms with Crippen LogP contribution in [0, 0.1) is 6.92 Å². The Labute approximate surface area is 188 Å². The van der Waals surface area contributed by atoms with Crippen molar-refractivity contribution in [2.45, 2.75) is 31.1 Å². The number of hydrogen-bond donors (Lipinski definition) is 2. The van der Waals surface area contributed by atoms with Crippen LogP contribution in [0.5, 0.6) is 0 Å². The Morgan fingerprint density at radius 1 is 1.03 bits per heavy atom. The lowest BCUT2D eigenvalue weighted by Gasteiger charge is -2.26. The number of nitrogens with one attached hydrogen (secondary N) is 2. The summed E-state index contributed by atoms with van der Waals surface area (Å²) in [5.74, 6) is 0.289. The maximum absolute atomic E-state index is 13.0. The zero-order chi connectivity index (χ0) is 22.6. The van der Waals surface area contributed by atoms with Crippen LogP contribution in [0.2, 0.25) is 0 Å². The van der Waals surface area contributed by atoms with E-state index in [0.29, 0.717) is 24.6 Å². The molecule has 4 rings (SSSR count). The molecule has 168 valence electrons. The van der Waals surface area contributed by atoms with Crippen LogP contribution in [-0.2, 0) is 14.8 Å². The standard InChI is InChI=1S/C23H27N5O3S/c1-18-10-11-20(32(30,31)27-13-6-3-7-14-27)16-21(18)25-23(29)17-24-22-12-15-28(26-22)19-8-4-2-5-9-19/h2,4-5,8-12,15-16H,3,6-7,13-14,17H2,1H3,(H,24,26)(H,25,29). The second-order valence-electron chi connectivity index (χ2n) is 7.82. The molecular formula is C23H27N5O3S. The van der Waals surface area contributed by atoms with Gasteiger partial charge in [0.1, 0.15) is 5.82 Å². The SMILES string of the molecule is Cc1ccc(S(=O)(=O)N2CCCCC2)cc1NC(=O)CNc1ccn(-c2ccccc2)n1. The molecule has 0 unspecified atom stereocenters. The van der Waals surface area contributed by atoms with Gasteiger partial charge < -0.3 is 10.6 Å². The van der Waals surface area contributed by atoms with Gasteiger partial charge in [0.2, 0.25) is 15.9 Å². The largest absolute Gasteiger partial charge is 0.360 e. The molecule has 8 nitrogen and oxygen atoms in total. The number of benzene rings is 2. The van der Waals surface area contributed by atoms with Crippen LogP contribution in [0.4, 0.5) is 11.5 Å². The number of carbonyl (C=O) groups is 1. The van der Waals surface area contributed by atoms with Crippen molar-refractivity contribution < 1.29 is 13.2 Å². The van der Waals surface area contributed by atoms with Gasteiger partial charge in [0.15, 0.2) is 0 Å². The average Bonchev–Trinajstić information content (AvgIpc) is 3.29. The summed E-state index contributed by atoms with van der Waals surface area (Å²) in [5.41, 5.74) is 2.21. The van der Waals surface area contributed by atoms with Crippen LogP contribution in [0.3, 0.4) is 0 Å². The van der Waals surface area contributed by atoms with Gasteiger partial charge in [-0.15, -0.1) is 0 Å². The Bertz CT molecular complexity index is 1190. The maximum Gasteiger partial charge on any atom is 0.243 e. The fourth-order valence-corrected chi connectivity index (χ4v) is 5.20. The first-order valence-electron chi connectivity index (χ1n) is 10.7. The van der Waals surface area contributed by atoms with Gasteiger partial charge in [-0.05, 0) is 49.6 Å². The topological polar surface area (TPSA) is 96.3 Å². The molecule has 1 amide bonds. The highest BCUT2D eigenvalue weighted by atomic mass is 32.2. The van der Waals surface area contributed by atoms with Crippen LogP contribution in [0.25, 0.3) is 5.69 Å². The predicted molar refractivity (Wildman–Crippen MR) is 124 cm³/mol. The van der Waals surface area contributed by atoms with Gasteiger partial charge in [-0.2, -0.15) is 9.40 Å². The fourth-order valence-electron chi connectivity index (χ4n) is 3.66. The Kier molecular flexibility index (Phi) is 6.57. The van der Waals surface area contributed by atoms with Crippen LogP contribution < -0.4 is 10.6 Å². The highest BCUT2D eigenvalue weighted by molar-refractivity contribution is 7.89. The van der Waals surface area contributed by atoms with Gasteiger partial charge in [-0.25, -0.2) is 13.1 Å². The molecule has 0 saturated carbocycles. The summed E-state index contributed by atoms with van der Waals surface area (Å²) in [6.07, 6.45) is 4.62. The minimum absolute atomic E-state index is 0.00828. The second-order valence-corrected chi connectivity index (χ2v) is 9.76. The molecule has 2 N–H and O–H groups in total. The summed E-state index contributed by atoms with van der Waals surface area (Å²) in [4.78, 5) is 12.7. The number of piperidine rings is 1. The molecule has 3 aromatic rings. The first kappa shape index (κ1) is 22.0. The summed E-state index contributed by atoms with van der Waals surface area (Å²) in [6.45, 7) is 2.92. The number of hydrogen-bond acceptors (Lipinski definition) is 5. The first-order chi connectivity index (χ1) is 15.4. The number of amides is 1. The van der Waals surface area contributed by atoms with E-state index in [1.54, 1.807) is 28.9 Å². The number of sulfonamides is 1. The van der Waals surface area contributed by atoms with E-state index >= 15 is 0 Å². The number of aryl methyl sites for hydroxylation is 1. The average molecular weight is 454 g/mol. The van der Waals surface area contributed by atoms with E-state index in [1.165, 1.54) is 4.31 Å². The summed E-state index contributed by atoms with van der Waals surface area (Å²) < 4.78 is 29.2. The Balaban J connectivity index is 1.40. The van der Waals surface area contributed by atoms with E-state index in [1.807, 2.05) is 43.5 Å². The molecule has 2 heterocycles. The monoisotopic (exact) mass is 453 g/mol. The molecule has 0 spiro atoms. The molecule has 0 radical (unpaired) electrons. The summed E-state index contributed by atoms with van der Waals surface area (Å²) >= 11 is 0. The highest BCUT2D eigenvalue weighted by Crippen LogP contribution is 2.25. The Morgan fingerprint density at radius 2 is 1.78 bits per heavy atom. The number of carbonyl (C=O) groups excluding carboxylic acids is 1. The molecule has 1 saturated heterocycles. The van der Waals surface area contributed by atoms with Gasteiger partial charge in [0.25, 0.3) is 0 Å². The normalized spacial score (nSPS) is 14.8. The van der Waals surface area contributed by atoms with Crippen molar-refractivity contribution in [3.63, 3.8) is 0 Å². The summed E-state index contributed by atoms with van der Waals surface area (Å²) in [6, 6.07) is 16.3. The Hall–Kier alpha value is -3.17. The lowest BCUT2D eigenvalue weighted by molar-refractivity contribution is -0.114. The van der Waals surface area contributed by atoms with Gasteiger partial charge in [-0.3, -0.25) is 4.79 Å². The molecule has 1 aliphatic heterocycles. The van der Waals surface area contributed by atoms with Crippen molar-refractivity contribution in [3.05, 3.63) is 66.4 Å². The van der Waals surface area contributed by atoms with E-state index in [-0.39, 0.29) is 17.3 Å². The molecule has 1 aromatic heterocycles. The Morgan fingerprint density at radius 3 is 2.53 bits per heavy atom. The van der Waals surface area contributed by atoms with Gasteiger partial charge in [-0.1, -0.05) is 30.7 Å². The van der Waals surface area contributed by atoms with E-state index in [9.17, 15) is 13.2 Å². The molecule has 1 aliphatic rings. The third-order valence-corrected chi connectivity index (χ3v) is 7.37. The first-order valence-corrected chi connectivity index (χ1v) is 12.1. The molecule has 9 heteroatoms. The molecule has 0 bridgehead atoms. The smallest absolute Gasteiger partial charge is 0.243 e. The van der Waals surface area contributed by atoms with Crippen molar-refractivity contribution in [2.24, 2.45) is 0 Å². The van der Waals surface area contributed by atoms with E-state index in [2.05, 4.69) is 15.7 Å². The molecule has 0 atom stereocenters. The zero-order valence-corrected chi connectivity index (χ0v) is 18.8. The van der Waals surface area contributed by atoms with Gasteiger partial charge in [0.05, 0.1) is 17.1 Å². The summed E-state index contributed by atoms with van der Waals surface area (Å²) in [7, 11) is -3.56. The number of para-hydroxylation sites is 1. The van der Waals surface area contributed by atoms with Crippen molar-refractivity contribution in [1.82, 2.24) is 14.1 Å². The molecule has 0 aliphatic carbocycles. The van der Waals surface area contributed by atoms with Crippen molar-refractivity contribution in [1.29, 1.82) is 0 Å². The number of aromatic nitrogens is 2. The van der Waals surface area contributed by atoms with E-state index < -0.39 is 10.0 Å². The lowest BCUT2D eigenvalue weighted by atomic mass is 10.2.